The smallest absolute Gasteiger partial charge is 0.241 e. The molecule has 0 spiro atoms. The molecule has 1 aromatic rings. The van der Waals surface area contributed by atoms with E-state index in [2.05, 4.69) is 5.32 Å². The zero-order chi connectivity index (χ0) is 14.3. The molecule has 4 N–H and O–H groups in total. The first kappa shape index (κ1) is 15.6. The highest BCUT2D eigenvalue weighted by Crippen LogP contribution is 2.11. The van der Waals surface area contributed by atoms with E-state index in [1.54, 1.807) is 26.2 Å². The van der Waals surface area contributed by atoms with Crippen molar-refractivity contribution in [2.75, 3.05) is 20.3 Å². The molecule has 0 fully saturated rings. The molecule has 106 valence electrons. The van der Waals surface area contributed by atoms with Gasteiger partial charge in [-0.2, -0.15) is 0 Å². The lowest BCUT2D eigenvalue weighted by Crippen LogP contribution is -2.44. The van der Waals surface area contributed by atoms with Crippen molar-refractivity contribution >= 4 is 5.91 Å². The number of benzene rings is 1. The SMILES string of the molecule is COCCC(C)(O)CNC(=O)[C@H](N)c1ccccc1. The van der Waals surface area contributed by atoms with Crippen molar-refractivity contribution in [3.63, 3.8) is 0 Å². The first-order valence-electron chi connectivity index (χ1n) is 6.26. The minimum Gasteiger partial charge on any atom is -0.388 e. The topological polar surface area (TPSA) is 84.6 Å². The van der Waals surface area contributed by atoms with Gasteiger partial charge in [-0.25, -0.2) is 0 Å². The number of aliphatic hydroxyl groups is 1. The van der Waals surface area contributed by atoms with Crippen LogP contribution in [0.4, 0.5) is 0 Å². The van der Waals surface area contributed by atoms with Crippen molar-refractivity contribution in [2.45, 2.75) is 25.0 Å². The van der Waals surface area contributed by atoms with Gasteiger partial charge in [-0.3, -0.25) is 4.79 Å². The van der Waals surface area contributed by atoms with Crippen LogP contribution in [0.25, 0.3) is 0 Å². The molecule has 1 aromatic carbocycles. The number of nitrogens with one attached hydrogen (secondary N) is 1. The Hall–Kier alpha value is -1.43. The molecule has 2 atom stereocenters. The van der Waals surface area contributed by atoms with Crippen molar-refractivity contribution in [1.82, 2.24) is 5.32 Å². The molecule has 0 saturated heterocycles. The van der Waals surface area contributed by atoms with E-state index in [4.69, 9.17) is 10.5 Å². The summed E-state index contributed by atoms with van der Waals surface area (Å²) >= 11 is 0. The predicted molar refractivity (Wildman–Crippen MR) is 73.5 cm³/mol. The van der Waals surface area contributed by atoms with Crippen LogP contribution in [0.2, 0.25) is 0 Å². The molecular formula is C14H22N2O3. The van der Waals surface area contributed by atoms with Gasteiger partial charge < -0.3 is 20.9 Å². The summed E-state index contributed by atoms with van der Waals surface area (Å²) in [5.41, 5.74) is 5.60. The van der Waals surface area contributed by atoms with E-state index in [1.165, 1.54) is 0 Å². The van der Waals surface area contributed by atoms with Gasteiger partial charge in [-0.1, -0.05) is 30.3 Å². The number of amides is 1. The number of methoxy groups -OCH3 is 1. The van der Waals surface area contributed by atoms with Crippen molar-refractivity contribution < 1.29 is 14.6 Å². The Kier molecular flexibility index (Phi) is 5.95. The maximum atomic E-state index is 11.9. The number of hydrogen-bond donors (Lipinski definition) is 3. The molecule has 0 aliphatic heterocycles. The second kappa shape index (κ2) is 7.23. The monoisotopic (exact) mass is 266 g/mol. The van der Waals surface area contributed by atoms with Gasteiger partial charge in [-0.05, 0) is 12.5 Å². The summed E-state index contributed by atoms with van der Waals surface area (Å²) in [7, 11) is 1.57. The second-order valence-electron chi connectivity index (χ2n) is 4.85. The van der Waals surface area contributed by atoms with E-state index >= 15 is 0 Å². The maximum Gasteiger partial charge on any atom is 0.241 e. The van der Waals surface area contributed by atoms with Crippen LogP contribution >= 0.6 is 0 Å². The van der Waals surface area contributed by atoms with Gasteiger partial charge in [-0.15, -0.1) is 0 Å². The Labute approximate surface area is 113 Å². The minimum atomic E-state index is -0.998. The third-order valence-corrected chi connectivity index (χ3v) is 2.93. The Balaban J connectivity index is 2.47. The summed E-state index contributed by atoms with van der Waals surface area (Å²) in [4.78, 5) is 11.9. The number of hydrogen-bond acceptors (Lipinski definition) is 4. The minimum absolute atomic E-state index is 0.149. The second-order valence-corrected chi connectivity index (χ2v) is 4.85. The lowest BCUT2D eigenvalue weighted by atomic mass is 10.0. The standard InChI is InChI=1S/C14H22N2O3/c1-14(18,8-9-19-2)10-16-13(17)12(15)11-6-4-3-5-7-11/h3-7,12,18H,8-10,15H2,1-2H3,(H,16,17)/t12-,14?/m1/s1. The molecule has 0 aliphatic rings. The molecule has 0 radical (unpaired) electrons. The Morgan fingerprint density at radius 1 is 1.47 bits per heavy atom. The maximum absolute atomic E-state index is 11.9. The van der Waals surface area contributed by atoms with E-state index in [0.29, 0.717) is 13.0 Å². The molecule has 5 nitrogen and oxygen atoms in total. The fourth-order valence-corrected chi connectivity index (χ4v) is 1.61. The van der Waals surface area contributed by atoms with Gasteiger partial charge in [0.05, 0.1) is 5.60 Å². The van der Waals surface area contributed by atoms with Crippen LogP contribution in [0, 0.1) is 0 Å². The van der Waals surface area contributed by atoms with Crippen molar-refractivity contribution in [3.05, 3.63) is 35.9 Å². The molecule has 0 aromatic heterocycles. The Bertz CT molecular complexity index is 393. The summed E-state index contributed by atoms with van der Waals surface area (Å²) in [6.45, 7) is 2.24. The van der Waals surface area contributed by atoms with E-state index in [1.807, 2.05) is 18.2 Å². The van der Waals surface area contributed by atoms with E-state index in [9.17, 15) is 9.90 Å². The lowest BCUT2D eigenvalue weighted by Gasteiger charge is -2.24. The third kappa shape index (κ3) is 5.38. The molecule has 1 rings (SSSR count). The van der Waals surface area contributed by atoms with Crippen LogP contribution in [0.5, 0.6) is 0 Å². The number of carbonyl (C=O) groups excluding carboxylic acids is 1. The Morgan fingerprint density at radius 2 is 2.11 bits per heavy atom. The van der Waals surface area contributed by atoms with Crippen LogP contribution in [0.15, 0.2) is 30.3 Å². The van der Waals surface area contributed by atoms with E-state index in [0.717, 1.165) is 5.56 Å². The summed E-state index contributed by atoms with van der Waals surface area (Å²) in [5, 5.41) is 12.7. The van der Waals surface area contributed by atoms with Gasteiger partial charge in [0.1, 0.15) is 6.04 Å². The summed E-state index contributed by atoms with van der Waals surface area (Å²) in [5.74, 6) is -0.302. The quantitative estimate of drug-likeness (QED) is 0.674. The van der Waals surface area contributed by atoms with Crippen LogP contribution < -0.4 is 11.1 Å². The molecule has 1 amide bonds. The molecule has 1 unspecified atom stereocenters. The molecular weight excluding hydrogens is 244 g/mol. The molecule has 0 bridgehead atoms. The van der Waals surface area contributed by atoms with Gasteiger partial charge in [0, 0.05) is 26.7 Å². The zero-order valence-corrected chi connectivity index (χ0v) is 11.4. The first-order valence-corrected chi connectivity index (χ1v) is 6.26. The predicted octanol–water partition coefficient (Wildman–Crippen LogP) is 0.590. The Morgan fingerprint density at radius 3 is 2.68 bits per heavy atom. The molecule has 5 heteroatoms. The van der Waals surface area contributed by atoms with Crippen LogP contribution in [0.1, 0.15) is 24.9 Å². The highest BCUT2D eigenvalue weighted by molar-refractivity contribution is 5.82. The zero-order valence-electron chi connectivity index (χ0n) is 11.4. The normalized spacial score (nSPS) is 15.6. The number of nitrogens with two attached hydrogens (primary N) is 1. The number of carbonyl (C=O) groups is 1. The number of ether oxygens (including phenoxy) is 1. The molecule has 0 aliphatic carbocycles. The van der Waals surface area contributed by atoms with Gasteiger partial charge in [0.15, 0.2) is 0 Å². The van der Waals surface area contributed by atoms with Crippen molar-refractivity contribution in [3.8, 4) is 0 Å². The van der Waals surface area contributed by atoms with E-state index in [-0.39, 0.29) is 12.5 Å². The van der Waals surface area contributed by atoms with Crippen molar-refractivity contribution in [1.29, 1.82) is 0 Å². The number of rotatable bonds is 7. The lowest BCUT2D eigenvalue weighted by molar-refractivity contribution is -0.123. The van der Waals surface area contributed by atoms with Crippen LogP contribution in [-0.2, 0) is 9.53 Å². The van der Waals surface area contributed by atoms with Gasteiger partial charge in [0.25, 0.3) is 0 Å². The highest BCUT2D eigenvalue weighted by atomic mass is 16.5. The van der Waals surface area contributed by atoms with Crippen molar-refractivity contribution in [2.24, 2.45) is 5.73 Å². The average molecular weight is 266 g/mol. The van der Waals surface area contributed by atoms with Crippen LogP contribution in [0.3, 0.4) is 0 Å². The van der Waals surface area contributed by atoms with Crippen LogP contribution in [-0.4, -0.2) is 36.9 Å². The summed E-state index contributed by atoms with van der Waals surface area (Å²) in [6, 6.07) is 8.40. The fraction of sp³-hybridized carbons (Fsp3) is 0.500. The first-order chi connectivity index (χ1) is 8.96. The highest BCUT2D eigenvalue weighted by Gasteiger charge is 2.23. The largest absolute Gasteiger partial charge is 0.388 e. The molecule has 0 saturated carbocycles. The average Bonchev–Trinajstić information content (AvgIpc) is 2.43. The van der Waals surface area contributed by atoms with E-state index < -0.39 is 11.6 Å². The van der Waals surface area contributed by atoms with Gasteiger partial charge >= 0.3 is 0 Å². The molecule has 0 heterocycles. The third-order valence-electron chi connectivity index (χ3n) is 2.93. The molecule has 19 heavy (non-hydrogen) atoms. The summed E-state index contributed by atoms with van der Waals surface area (Å²) < 4.78 is 4.90. The fourth-order valence-electron chi connectivity index (χ4n) is 1.61. The summed E-state index contributed by atoms with van der Waals surface area (Å²) in [6.07, 6.45) is 0.449. The van der Waals surface area contributed by atoms with Gasteiger partial charge in [0.2, 0.25) is 5.91 Å².